The lowest BCUT2D eigenvalue weighted by molar-refractivity contribution is 0.611. The maximum absolute atomic E-state index is 11.5. The first kappa shape index (κ1) is 15.8. The van der Waals surface area contributed by atoms with Crippen molar-refractivity contribution in [2.24, 2.45) is 0 Å². The average molecular weight is 333 g/mol. The van der Waals surface area contributed by atoms with Crippen LogP contribution in [0, 0.1) is 0 Å². The number of halogens is 2. The van der Waals surface area contributed by atoms with Crippen LogP contribution < -0.4 is 0 Å². The quantitative estimate of drug-likeness (QED) is 0.757. The van der Waals surface area contributed by atoms with Gasteiger partial charge >= 0.3 is 0 Å². The van der Waals surface area contributed by atoms with E-state index in [2.05, 4.69) is 9.55 Å². The van der Waals surface area contributed by atoms with Crippen LogP contribution in [0.15, 0.2) is 18.2 Å². The Labute approximate surface area is 131 Å². The van der Waals surface area contributed by atoms with E-state index in [-0.39, 0.29) is 5.25 Å². The van der Waals surface area contributed by atoms with Crippen molar-refractivity contribution in [3.8, 4) is 0 Å². The Morgan fingerprint density at radius 1 is 1.45 bits per heavy atom. The van der Waals surface area contributed by atoms with Crippen LogP contribution in [0.3, 0.4) is 0 Å². The molecule has 0 N–H and O–H groups in total. The van der Waals surface area contributed by atoms with Crippen molar-refractivity contribution in [3.63, 3.8) is 0 Å². The van der Waals surface area contributed by atoms with Crippen LogP contribution in [0.25, 0.3) is 11.0 Å². The minimum atomic E-state index is -0.800. The van der Waals surface area contributed by atoms with E-state index in [1.807, 2.05) is 25.1 Å². The molecule has 3 nitrogen and oxygen atoms in total. The van der Waals surface area contributed by atoms with Crippen molar-refractivity contribution in [1.82, 2.24) is 9.55 Å². The summed E-state index contributed by atoms with van der Waals surface area (Å²) in [5, 5.41) is 0.853. The molecule has 2 unspecified atom stereocenters. The summed E-state index contributed by atoms with van der Waals surface area (Å²) in [6.45, 7) is 2.80. The Kier molecular flexibility index (Phi) is 5.47. The van der Waals surface area contributed by atoms with Gasteiger partial charge in [-0.15, -0.1) is 11.6 Å². The summed E-state index contributed by atoms with van der Waals surface area (Å²) in [5.74, 6) is 1.50. The van der Waals surface area contributed by atoms with Gasteiger partial charge in [-0.3, -0.25) is 4.21 Å². The molecule has 1 aromatic heterocycles. The number of nitrogens with zero attached hydrogens (tertiary/aromatic N) is 2. The summed E-state index contributed by atoms with van der Waals surface area (Å²) in [6, 6.07) is 5.72. The molecule has 2 rings (SSSR count). The highest BCUT2D eigenvalue weighted by Crippen LogP contribution is 2.22. The molecule has 0 spiro atoms. The summed E-state index contributed by atoms with van der Waals surface area (Å²) in [4.78, 5) is 4.60. The predicted octanol–water partition coefficient (Wildman–Crippen LogP) is 3.63. The molecular formula is C14H18Cl2N2OS. The Bertz CT molecular complexity index is 627. The Morgan fingerprint density at radius 3 is 2.85 bits per heavy atom. The summed E-state index contributed by atoms with van der Waals surface area (Å²) >= 11 is 11.9. The molecule has 1 heterocycles. The molecule has 0 aliphatic rings. The topological polar surface area (TPSA) is 34.9 Å². The summed E-state index contributed by atoms with van der Waals surface area (Å²) in [7, 11) is -0.800. The number of hydrogen-bond acceptors (Lipinski definition) is 2. The highest BCUT2D eigenvalue weighted by molar-refractivity contribution is 7.84. The Morgan fingerprint density at radius 2 is 2.20 bits per heavy atom. The van der Waals surface area contributed by atoms with Gasteiger partial charge in [-0.05, 0) is 24.6 Å². The van der Waals surface area contributed by atoms with E-state index in [0.717, 1.165) is 36.2 Å². The first-order chi connectivity index (χ1) is 9.52. The molecule has 1 aromatic carbocycles. The Balaban J connectivity index is 2.33. The molecule has 6 heteroatoms. The van der Waals surface area contributed by atoms with E-state index < -0.39 is 10.8 Å². The molecule has 0 saturated heterocycles. The lowest BCUT2D eigenvalue weighted by atomic mass is 10.3. The third-order valence-electron chi connectivity index (χ3n) is 3.43. The normalized spacial score (nSPS) is 14.6. The second-order valence-electron chi connectivity index (χ2n) is 4.85. The molecule has 0 amide bonds. The van der Waals surface area contributed by atoms with Crippen LogP contribution >= 0.6 is 23.2 Å². The zero-order chi connectivity index (χ0) is 14.7. The molecule has 110 valence electrons. The smallest absolute Gasteiger partial charge is 0.111 e. The molecule has 2 atom stereocenters. The van der Waals surface area contributed by atoms with Crippen molar-refractivity contribution in [3.05, 3.63) is 29.0 Å². The van der Waals surface area contributed by atoms with Gasteiger partial charge in [-0.1, -0.05) is 18.5 Å². The zero-order valence-corrected chi connectivity index (χ0v) is 13.9. The van der Waals surface area contributed by atoms with E-state index >= 15 is 0 Å². The third kappa shape index (κ3) is 3.54. The van der Waals surface area contributed by atoms with Gasteiger partial charge in [0.15, 0.2) is 0 Å². The largest absolute Gasteiger partial charge is 0.328 e. The van der Waals surface area contributed by atoms with Crippen LogP contribution in [-0.2, 0) is 23.8 Å². The lowest BCUT2D eigenvalue weighted by Crippen LogP contribution is -2.14. The average Bonchev–Trinajstić information content (AvgIpc) is 2.72. The number of aromatic nitrogens is 2. The fourth-order valence-corrected chi connectivity index (χ4v) is 2.93. The van der Waals surface area contributed by atoms with E-state index in [1.54, 1.807) is 6.26 Å². The first-order valence-electron chi connectivity index (χ1n) is 6.55. The first-order valence-corrected chi connectivity index (χ1v) is 9.09. The number of hydrogen-bond donors (Lipinski definition) is 0. The summed E-state index contributed by atoms with van der Waals surface area (Å²) in [5.41, 5.74) is 1.95. The summed E-state index contributed by atoms with van der Waals surface area (Å²) < 4.78 is 13.6. The molecule has 0 radical (unpaired) electrons. The Hall–Kier alpha value is -0.580. The minimum Gasteiger partial charge on any atom is -0.328 e. The van der Waals surface area contributed by atoms with Gasteiger partial charge in [0.25, 0.3) is 0 Å². The van der Waals surface area contributed by atoms with Crippen LogP contribution in [0.1, 0.15) is 19.2 Å². The van der Waals surface area contributed by atoms with Crippen molar-refractivity contribution in [2.75, 3.05) is 12.1 Å². The highest BCUT2D eigenvalue weighted by Gasteiger charge is 2.13. The van der Waals surface area contributed by atoms with Crippen molar-refractivity contribution in [1.29, 1.82) is 0 Å². The van der Waals surface area contributed by atoms with E-state index in [9.17, 15) is 4.21 Å². The van der Waals surface area contributed by atoms with Crippen LogP contribution in [0.4, 0.5) is 0 Å². The minimum absolute atomic E-state index is 0.170. The number of aryl methyl sites for hydroxylation is 2. The van der Waals surface area contributed by atoms with Gasteiger partial charge in [0.1, 0.15) is 5.82 Å². The molecule has 0 bridgehead atoms. The van der Waals surface area contributed by atoms with Crippen molar-refractivity contribution in [2.45, 2.75) is 31.6 Å². The molecule has 0 fully saturated rings. The van der Waals surface area contributed by atoms with Crippen LogP contribution in [0.2, 0.25) is 5.02 Å². The summed E-state index contributed by atoms with van der Waals surface area (Å²) in [6.07, 6.45) is 3.32. The molecule has 0 aliphatic carbocycles. The van der Waals surface area contributed by atoms with Gasteiger partial charge in [0.05, 0.1) is 11.0 Å². The van der Waals surface area contributed by atoms with Crippen molar-refractivity contribution >= 4 is 45.0 Å². The maximum atomic E-state index is 11.5. The molecular weight excluding hydrogens is 315 g/mol. The fraction of sp³-hybridized carbons (Fsp3) is 0.500. The molecule has 2 aromatic rings. The monoisotopic (exact) mass is 332 g/mol. The number of fused-ring (bicyclic) bond motifs is 1. The van der Waals surface area contributed by atoms with Crippen LogP contribution in [-0.4, -0.2) is 31.1 Å². The predicted molar refractivity (Wildman–Crippen MR) is 87.3 cm³/mol. The van der Waals surface area contributed by atoms with Gasteiger partial charge in [0.2, 0.25) is 0 Å². The fourth-order valence-electron chi connectivity index (χ4n) is 2.15. The maximum Gasteiger partial charge on any atom is 0.111 e. The van der Waals surface area contributed by atoms with Gasteiger partial charge in [-0.2, -0.15) is 0 Å². The molecule has 0 saturated carbocycles. The van der Waals surface area contributed by atoms with Gasteiger partial charge in [0, 0.05) is 46.2 Å². The molecule has 20 heavy (non-hydrogen) atoms. The number of imidazole rings is 1. The van der Waals surface area contributed by atoms with E-state index in [0.29, 0.717) is 10.9 Å². The second kappa shape index (κ2) is 6.92. The van der Waals surface area contributed by atoms with Gasteiger partial charge in [-0.25, -0.2) is 4.98 Å². The zero-order valence-electron chi connectivity index (χ0n) is 11.6. The van der Waals surface area contributed by atoms with E-state index in [1.165, 1.54) is 0 Å². The van der Waals surface area contributed by atoms with Crippen LogP contribution in [0.5, 0.6) is 0 Å². The third-order valence-corrected chi connectivity index (χ3v) is 5.23. The van der Waals surface area contributed by atoms with Crippen molar-refractivity contribution < 1.29 is 4.21 Å². The molecule has 0 aliphatic heterocycles. The standard InChI is InChI=1S/C14H18Cl2N2OS/c1-10(20(2)19)6-8-18-13-4-3-11(16)9-12(13)17-14(18)5-7-15/h3-4,9-10H,5-8H2,1-2H3. The highest BCUT2D eigenvalue weighted by atomic mass is 35.5. The van der Waals surface area contributed by atoms with Gasteiger partial charge < -0.3 is 4.57 Å². The lowest BCUT2D eigenvalue weighted by Gasteiger charge is -2.12. The number of rotatable bonds is 6. The second-order valence-corrected chi connectivity index (χ2v) is 7.47. The number of benzene rings is 1. The number of alkyl halides is 1. The van der Waals surface area contributed by atoms with E-state index in [4.69, 9.17) is 23.2 Å². The SMILES string of the molecule is CC(CCn1c(CCCl)nc2cc(Cl)ccc21)S(C)=O.